The summed E-state index contributed by atoms with van der Waals surface area (Å²) in [6.45, 7) is 4.77. The van der Waals surface area contributed by atoms with Crippen LogP contribution in [0.1, 0.15) is 49.0 Å². The highest BCUT2D eigenvalue weighted by Crippen LogP contribution is 2.46. The first-order valence-electron chi connectivity index (χ1n) is 9.44. The van der Waals surface area contributed by atoms with Crippen LogP contribution in [0.2, 0.25) is 0 Å². The summed E-state index contributed by atoms with van der Waals surface area (Å²) in [7, 11) is 1.25. The molecule has 0 radical (unpaired) electrons. The van der Waals surface area contributed by atoms with Crippen molar-refractivity contribution in [2.75, 3.05) is 20.3 Å². The van der Waals surface area contributed by atoms with Crippen LogP contribution in [-0.2, 0) is 28.6 Å². The van der Waals surface area contributed by atoms with Crippen LogP contribution in [0.25, 0.3) is 0 Å². The second-order valence-corrected chi connectivity index (χ2v) is 7.10. The van der Waals surface area contributed by atoms with Crippen molar-refractivity contribution in [1.29, 1.82) is 0 Å². The van der Waals surface area contributed by atoms with Gasteiger partial charge in [-0.05, 0) is 38.5 Å². The summed E-state index contributed by atoms with van der Waals surface area (Å²) < 4.78 is 14.9. The summed E-state index contributed by atoms with van der Waals surface area (Å²) in [6.07, 6.45) is -0.378. The fourth-order valence-corrected chi connectivity index (χ4v) is 3.84. The van der Waals surface area contributed by atoms with E-state index in [-0.39, 0.29) is 25.2 Å². The number of ketones is 1. The Bertz CT molecular complexity index is 780. The van der Waals surface area contributed by atoms with E-state index in [1.54, 1.807) is 13.8 Å². The molecule has 2 rings (SSSR count). The van der Waals surface area contributed by atoms with Gasteiger partial charge in [0.15, 0.2) is 5.78 Å². The smallest absolute Gasteiger partial charge is 0.337 e. The van der Waals surface area contributed by atoms with Crippen molar-refractivity contribution >= 4 is 23.7 Å². The Hall–Kier alpha value is -2.74. The van der Waals surface area contributed by atoms with E-state index in [9.17, 15) is 24.3 Å². The van der Waals surface area contributed by atoms with Gasteiger partial charge in [-0.3, -0.25) is 14.4 Å². The summed E-state index contributed by atoms with van der Waals surface area (Å²) in [5.41, 5.74) is -1.01. The summed E-state index contributed by atoms with van der Waals surface area (Å²) in [4.78, 5) is 49.8. The Balaban J connectivity index is 2.59. The van der Waals surface area contributed by atoms with Gasteiger partial charge in [-0.2, -0.15) is 0 Å². The molecule has 1 aliphatic carbocycles. The van der Waals surface area contributed by atoms with Crippen molar-refractivity contribution in [3.05, 3.63) is 35.4 Å². The van der Waals surface area contributed by atoms with E-state index in [0.717, 1.165) is 0 Å². The molecular formula is C21H26O8. The molecule has 0 aromatic heterocycles. The monoisotopic (exact) mass is 406 g/mol. The third-order valence-corrected chi connectivity index (χ3v) is 5.06. The second kappa shape index (κ2) is 9.17. The van der Waals surface area contributed by atoms with Crippen LogP contribution in [0.5, 0.6) is 0 Å². The molecule has 4 atom stereocenters. The maximum atomic E-state index is 12.8. The number of rotatable bonds is 6. The van der Waals surface area contributed by atoms with E-state index in [1.165, 1.54) is 38.3 Å². The molecule has 1 saturated carbocycles. The van der Waals surface area contributed by atoms with Gasteiger partial charge in [0.2, 0.25) is 0 Å². The fraction of sp³-hybridized carbons (Fsp3) is 0.524. The molecule has 8 heteroatoms. The number of hydrogen-bond acceptors (Lipinski definition) is 8. The highest BCUT2D eigenvalue weighted by Gasteiger charge is 2.57. The highest BCUT2D eigenvalue weighted by molar-refractivity contribution is 6.02. The summed E-state index contributed by atoms with van der Waals surface area (Å²) >= 11 is 0. The van der Waals surface area contributed by atoms with Crippen molar-refractivity contribution < 1.29 is 38.5 Å². The standard InChI is InChI=1S/C21H26O8/c1-5-28-19(24)16-14(22)11-21(3,26)17(20(25)29-6-2)15(16)12-7-9-13(10-8-12)18(23)27-4/h7-10,15-17,26H,5-6,11H2,1-4H3/t15-,16+,17-,21+/m1/s1. The number of carbonyl (C=O) groups excluding carboxylic acids is 4. The topological polar surface area (TPSA) is 116 Å². The van der Waals surface area contributed by atoms with E-state index in [1.807, 2.05) is 0 Å². The molecule has 0 aliphatic heterocycles. The zero-order chi connectivity index (χ0) is 21.8. The average molecular weight is 406 g/mol. The molecular weight excluding hydrogens is 380 g/mol. The van der Waals surface area contributed by atoms with Crippen LogP contribution in [0.15, 0.2) is 24.3 Å². The first-order chi connectivity index (χ1) is 13.7. The van der Waals surface area contributed by atoms with Crippen molar-refractivity contribution in [2.24, 2.45) is 11.8 Å². The number of methoxy groups -OCH3 is 1. The Kier molecular flexibility index (Phi) is 7.13. The van der Waals surface area contributed by atoms with E-state index < -0.39 is 47.0 Å². The van der Waals surface area contributed by atoms with Gasteiger partial charge in [-0.15, -0.1) is 0 Å². The SMILES string of the molecule is CCOC(=O)[C@H]1C(=O)C[C@](C)(O)[C@@H](C(=O)OCC)[C@@H]1c1ccc(C(=O)OC)cc1. The van der Waals surface area contributed by atoms with Crippen LogP contribution >= 0.6 is 0 Å². The largest absolute Gasteiger partial charge is 0.466 e. The molecule has 0 spiro atoms. The Morgan fingerprint density at radius 3 is 2.14 bits per heavy atom. The molecule has 29 heavy (non-hydrogen) atoms. The van der Waals surface area contributed by atoms with E-state index in [0.29, 0.717) is 5.56 Å². The van der Waals surface area contributed by atoms with E-state index in [2.05, 4.69) is 4.74 Å². The zero-order valence-corrected chi connectivity index (χ0v) is 17.0. The highest BCUT2D eigenvalue weighted by atomic mass is 16.5. The molecule has 1 fully saturated rings. The molecule has 0 heterocycles. The molecule has 1 aliphatic rings. The van der Waals surface area contributed by atoms with Gasteiger partial charge in [0, 0.05) is 12.3 Å². The zero-order valence-electron chi connectivity index (χ0n) is 17.0. The molecule has 0 amide bonds. The minimum atomic E-state index is -1.71. The fourth-order valence-electron chi connectivity index (χ4n) is 3.84. The molecule has 0 bridgehead atoms. The van der Waals surface area contributed by atoms with Crippen molar-refractivity contribution in [3.8, 4) is 0 Å². The first-order valence-corrected chi connectivity index (χ1v) is 9.44. The molecule has 1 N–H and O–H groups in total. The lowest BCUT2D eigenvalue weighted by Gasteiger charge is -2.43. The van der Waals surface area contributed by atoms with Crippen LogP contribution in [0.3, 0.4) is 0 Å². The summed E-state index contributed by atoms with van der Waals surface area (Å²) in [5.74, 6) is -5.97. The Morgan fingerprint density at radius 2 is 1.62 bits per heavy atom. The predicted octanol–water partition coefficient (Wildman–Crippen LogP) is 1.64. The van der Waals surface area contributed by atoms with Crippen LogP contribution in [-0.4, -0.2) is 54.7 Å². The molecule has 1 aromatic rings. The van der Waals surface area contributed by atoms with Gasteiger partial charge in [-0.25, -0.2) is 4.79 Å². The van der Waals surface area contributed by atoms with Gasteiger partial charge in [0.05, 0.1) is 37.4 Å². The maximum Gasteiger partial charge on any atom is 0.337 e. The average Bonchev–Trinajstić information content (AvgIpc) is 2.66. The summed E-state index contributed by atoms with van der Waals surface area (Å²) in [5, 5.41) is 10.9. The van der Waals surface area contributed by atoms with Gasteiger partial charge >= 0.3 is 17.9 Å². The number of esters is 3. The number of ether oxygens (including phenoxy) is 3. The van der Waals surface area contributed by atoms with Crippen molar-refractivity contribution in [3.63, 3.8) is 0 Å². The van der Waals surface area contributed by atoms with Crippen molar-refractivity contribution in [2.45, 2.75) is 38.7 Å². The van der Waals surface area contributed by atoms with E-state index >= 15 is 0 Å². The van der Waals surface area contributed by atoms with Gasteiger partial charge in [0.1, 0.15) is 5.92 Å². The number of benzene rings is 1. The summed E-state index contributed by atoms with van der Waals surface area (Å²) in [6, 6.07) is 6.01. The molecule has 0 saturated heterocycles. The third-order valence-electron chi connectivity index (χ3n) is 5.06. The lowest BCUT2D eigenvalue weighted by atomic mass is 9.61. The Labute approximate surface area is 169 Å². The Morgan fingerprint density at radius 1 is 1.07 bits per heavy atom. The lowest BCUT2D eigenvalue weighted by molar-refractivity contribution is -0.172. The van der Waals surface area contributed by atoms with Crippen LogP contribution in [0.4, 0.5) is 0 Å². The molecule has 158 valence electrons. The predicted molar refractivity (Wildman–Crippen MR) is 101 cm³/mol. The van der Waals surface area contributed by atoms with Crippen LogP contribution in [0, 0.1) is 11.8 Å². The van der Waals surface area contributed by atoms with Crippen LogP contribution < -0.4 is 0 Å². The molecule has 8 nitrogen and oxygen atoms in total. The van der Waals surface area contributed by atoms with Crippen molar-refractivity contribution in [1.82, 2.24) is 0 Å². The number of Topliss-reactive ketones (excluding diaryl/α,β-unsaturated/α-hetero) is 1. The quantitative estimate of drug-likeness (QED) is 0.431. The minimum Gasteiger partial charge on any atom is -0.466 e. The molecule has 0 unspecified atom stereocenters. The third kappa shape index (κ3) is 4.64. The van der Waals surface area contributed by atoms with Gasteiger partial charge in [-0.1, -0.05) is 12.1 Å². The number of aliphatic hydroxyl groups is 1. The minimum absolute atomic E-state index is 0.0665. The van der Waals surface area contributed by atoms with Gasteiger partial charge in [0.25, 0.3) is 0 Å². The number of carbonyl (C=O) groups is 4. The van der Waals surface area contributed by atoms with E-state index in [4.69, 9.17) is 9.47 Å². The lowest BCUT2D eigenvalue weighted by Crippen LogP contribution is -2.55. The first kappa shape index (κ1) is 22.5. The molecule has 1 aromatic carbocycles. The number of hydrogen-bond donors (Lipinski definition) is 1. The van der Waals surface area contributed by atoms with Gasteiger partial charge < -0.3 is 19.3 Å². The second-order valence-electron chi connectivity index (χ2n) is 7.10. The normalized spacial score (nSPS) is 26.5. The maximum absolute atomic E-state index is 12.8.